The van der Waals surface area contributed by atoms with Gasteiger partial charge in [0.2, 0.25) is 0 Å². The first-order valence-corrected chi connectivity index (χ1v) is 13.7. The molecule has 0 bridgehead atoms. The average molecular weight is 548 g/mol. The summed E-state index contributed by atoms with van der Waals surface area (Å²) in [6.07, 6.45) is 1.85. The maximum absolute atomic E-state index is 13.2. The molecule has 0 aliphatic rings. The summed E-state index contributed by atoms with van der Waals surface area (Å²) in [5, 5.41) is 7.05. The Labute approximate surface area is 236 Å². The van der Waals surface area contributed by atoms with Crippen LogP contribution in [0.5, 0.6) is 5.75 Å². The predicted octanol–water partition coefficient (Wildman–Crippen LogP) is 7.03. The Morgan fingerprint density at radius 2 is 1.80 bits per heavy atom. The zero-order chi connectivity index (χ0) is 28.0. The maximum Gasteiger partial charge on any atom is 0.272 e. The summed E-state index contributed by atoms with van der Waals surface area (Å²) in [4.78, 5) is 19.9. The summed E-state index contributed by atoms with van der Waals surface area (Å²) in [6, 6.07) is 24.0. The van der Waals surface area contributed by atoms with E-state index >= 15 is 0 Å². The van der Waals surface area contributed by atoms with Crippen LogP contribution in [0.4, 0.5) is 17.2 Å². The van der Waals surface area contributed by atoms with Gasteiger partial charge in [-0.1, -0.05) is 36.4 Å². The van der Waals surface area contributed by atoms with Gasteiger partial charge in [0.15, 0.2) is 0 Å². The number of methoxy groups -OCH3 is 1. The Kier molecular flexibility index (Phi) is 6.40. The number of pyridine rings is 1. The van der Waals surface area contributed by atoms with E-state index in [0.717, 1.165) is 48.9 Å². The number of carbonyl (C=O) groups excluding carboxylic acids is 1. The quantitative estimate of drug-likeness (QED) is 0.234. The standard InChI is InChI=1S/C32H29N5O2S/c1-36(2)22-10-7-9-19(14-22)23-17-34-31(33)29-24(18-40-30(23)29)20-12-13-25(28(16-20)39-4)35-32(38)27-15-21-8-5-6-11-26(21)37(27)3/h5-18H,1-4H3,(H2,33,34)(H,35,38). The Morgan fingerprint density at radius 1 is 1.00 bits per heavy atom. The lowest BCUT2D eigenvalue weighted by Crippen LogP contribution is -2.16. The molecule has 0 spiro atoms. The fraction of sp³-hybridized carbons (Fsp3) is 0.125. The van der Waals surface area contributed by atoms with Crippen molar-refractivity contribution < 1.29 is 9.53 Å². The molecule has 7 nitrogen and oxygen atoms in total. The number of thiophene rings is 1. The highest BCUT2D eigenvalue weighted by atomic mass is 32.1. The molecule has 3 aromatic heterocycles. The topological polar surface area (TPSA) is 85.4 Å². The first-order chi connectivity index (χ1) is 19.4. The predicted molar refractivity (Wildman–Crippen MR) is 167 cm³/mol. The molecule has 0 fully saturated rings. The van der Waals surface area contributed by atoms with E-state index < -0.39 is 0 Å². The van der Waals surface area contributed by atoms with Crippen molar-refractivity contribution >= 4 is 55.4 Å². The van der Waals surface area contributed by atoms with Gasteiger partial charge in [-0.05, 0) is 52.9 Å². The number of carbonyl (C=O) groups is 1. The monoisotopic (exact) mass is 547 g/mol. The van der Waals surface area contributed by atoms with Crippen LogP contribution in [0.25, 0.3) is 43.2 Å². The zero-order valence-corrected chi connectivity index (χ0v) is 23.5. The molecule has 1 amide bonds. The lowest BCUT2D eigenvalue weighted by molar-refractivity contribution is 0.101. The number of hydrogen-bond acceptors (Lipinski definition) is 6. The minimum Gasteiger partial charge on any atom is -0.495 e. The van der Waals surface area contributed by atoms with Crippen molar-refractivity contribution in [2.24, 2.45) is 7.05 Å². The number of aryl methyl sites for hydroxylation is 1. The number of para-hydroxylation sites is 1. The molecule has 0 aliphatic carbocycles. The number of nitrogens with one attached hydrogen (secondary N) is 1. The van der Waals surface area contributed by atoms with E-state index in [1.54, 1.807) is 18.4 Å². The van der Waals surface area contributed by atoms with Crippen molar-refractivity contribution in [3.8, 4) is 28.0 Å². The molecule has 6 rings (SSSR count). The molecule has 0 radical (unpaired) electrons. The second-order valence-electron chi connectivity index (χ2n) is 9.87. The first kappa shape index (κ1) is 25.5. The van der Waals surface area contributed by atoms with Crippen LogP contribution >= 0.6 is 11.3 Å². The fourth-order valence-electron chi connectivity index (χ4n) is 5.09. The van der Waals surface area contributed by atoms with Crippen molar-refractivity contribution in [1.29, 1.82) is 0 Å². The number of hydrogen-bond donors (Lipinski definition) is 2. The number of amides is 1. The van der Waals surface area contributed by atoms with E-state index in [-0.39, 0.29) is 5.91 Å². The van der Waals surface area contributed by atoms with Crippen molar-refractivity contribution in [3.05, 3.63) is 90.1 Å². The fourth-order valence-corrected chi connectivity index (χ4v) is 6.21. The maximum atomic E-state index is 13.2. The van der Waals surface area contributed by atoms with E-state index in [1.807, 2.05) is 80.4 Å². The van der Waals surface area contributed by atoms with E-state index in [9.17, 15) is 4.79 Å². The van der Waals surface area contributed by atoms with Gasteiger partial charge in [0.05, 0.1) is 12.8 Å². The lowest BCUT2D eigenvalue weighted by atomic mass is 10.0. The van der Waals surface area contributed by atoms with Crippen LogP contribution in [0.1, 0.15) is 10.5 Å². The molecule has 6 aromatic rings. The molecule has 0 atom stereocenters. The zero-order valence-electron chi connectivity index (χ0n) is 22.7. The SMILES string of the molecule is COc1cc(-c2csc3c(-c4cccc(N(C)C)c4)cnc(N)c23)ccc1NC(=O)c1cc2ccccc2n1C. The van der Waals surface area contributed by atoms with Gasteiger partial charge in [0.25, 0.3) is 5.91 Å². The number of nitrogens with two attached hydrogens (primary N) is 1. The number of ether oxygens (including phenoxy) is 1. The van der Waals surface area contributed by atoms with Crippen LogP contribution in [-0.4, -0.2) is 36.7 Å². The lowest BCUT2D eigenvalue weighted by Gasteiger charge is -2.14. The summed E-state index contributed by atoms with van der Waals surface area (Å²) in [7, 11) is 7.55. The van der Waals surface area contributed by atoms with Gasteiger partial charge in [-0.2, -0.15) is 0 Å². The molecule has 0 unspecified atom stereocenters. The number of rotatable bonds is 6. The summed E-state index contributed by atoms with van der Waals surface area (Å²) < 4.78 is 8.68. The van der Waals surface area contributed by atoms with Crippen molar-refractivity contribution in [1.82, 2.24) is 9.55 Å². The number of nitrogen functional groups attached to an aromatic ring is 1. The van der Waals surface area contributed by atoms with Gasteiger partial charge in [-0.15, -0.1) is 11.3 Å². The average Bonchev–Trinajstić information content (AvgIpc) is 3.56. The number of anilines is 3. The highest BCUT2D eigenvalue weighted by Crippen LogP contribution is 2.43. The Balaban J connectivity index is 1.37. The highest BCUT2D eigenvalue weighted by Gasteiger charge is 2.19. The molecule has 0 aliphatic heterocycles. The van der Waals surface area contributed by atoms with Gasteiger partial charge in [-0.3, -0.25) is 4.79 Å². The van der Waals surface area contributed by atoms with Gasteiger partial charge in [-0.25, -0.2) is 4.98 Å². The Hall–Kier alpha value is -4.82. The molecule has 3 N–H and O–H groups in total. The van der Waals surface area contributed by atoms with Crippen LogP contribution in [0.2, 0.25) is 0 Å². The number of fused-ring (bicyclic) bond motifs is 2. The third-order valence-corrected chi connectivity index (χ3v) is 8.26. The van der Waals surface area contributed by atoms with Crippen LogP contribution in [0, 0.1) is 0 Å². The van der Waals surface area contributed by atoms with E-state index in [0.29, 0.717) is 22.9 Å². The molecule has 0 saturated heterocycles. The molecule has 40 heavy (non-hydrogen) atoms. The van der Waals surface area contributed by atoms with Gasteiger partial charge in [0.1, 0.15) is 17.3 Å². The van der Waals surface area contributed by atoms with Crippen LogP contribution in [0.3, 0.4) is 0 Å². The van der Waals surface area contributed by atoms with Crippen molar-refractivity contribution in [3.63, 3.8) is 0 Å². The smallest absolute Gasteiger partial charge is 0.272 e. The van der Waals surface area contributed by atoms with E-state index in [1.165, 1.54) is 0 Å². The second-order valence-corrected chi connectivity index (χ2v) is 10.8. The second kappa shape index (κ2) is 10.1. The van der Waals surface area contributed by atoms with Crippen molar-refractivity contribution in [2.75, 3.05) is 37.2 Å². The normalized spacial score (nSPS) is 11.2. The molecule has 3 aromatic carbocycles. The third kappa shape index (κ3) is 4.32. The molecule has 8 heteroatoms. The summed E-state index contributed by atoms with van der Waals surface area (Å²) in [5.74, 6) is 0.833. The van der Waals surface area contributed by atoms with Crippen LogP contribution < -0.4 is 20.7 Å². The van der Waals surface area contributed by atoms with Gasteiger partial charge in [0, 0.05) is 65.1 Å². The minimum atomic E-state index is -0.205. The van der Waals surface area contributed by atoms with Crippen molar-refractivity contribution in [2.45, 2.75) is 0 Å². The summed E-state index contributed by atoms with van der Waals surface area (Å²) in [5.41, 5.74) is 13.7. The first-order valence-electron chi connectivity index (χ1n) is 12.8. The van der Waals surface area contributed by atoms with E-state index in [2.05, 4.69) is 44.8 Å². The molecular formula is C32H29N5O2S. The summed E-state index contributed by atoms with van der Waals surface area (Å²) >= 11 is 1.64. The van der Waals surface area contributed by atoms with E-state index in [4.69, 9.17) is 10.5 Å². The summed E-state index contributed by atoms with van der Waals surface area (Å²) in [6.45, 7) is 0. The number of nitrogens with zero attached hydrogens (tertiary/aromatic N) is 3. The van der Waals surface area contributed by atoms with Gasteiger partial charge >= 0.3 is 0 Å². The van der Waals surface area contributed by atoms with Crippen LogP contribution in [-0.2, 0) is 7.05 Å². The third-order valence-electron chi connectivity index (χ3n) is 7.24. The molecule has 3 heterocycles. The molecular weight excluding hydrogens is 518 g/mol. The Bertz CT molecular complexity index is 1900. The number of benzene rings is 3. The number of aromatic nitrogens is 2. The largest absolute Gasteiger partial charge is 0.495 e. The highest BCUT2D eigenvalue weighted by molar-refractivity contribution is 7.18. The van der Waals surface area contributed by atoms with Crippen LogP contribution in [0.15, 0.2) is 84.4 Å². The minimum absolute atomic E-state index is 0.205. The Morgan fingerprint density at radius 3 is 2.58 bits per heavy atom. The molecule has 200 valence electrons. The van der Waals surface area contributed by atoms with Gasteiger partial charge < -0.3 is 25.3 Å². The molecule has 0 saturated carbocycles.